The molecule has 0 fully saturated rings. The van der Waals surface area contributed by atoms with Crippen molar-refractivity contribution in [1.29, 1.82) is 0 Å². The fraction of sp³-hybridized carbons (Fsp3) is 0.231. The maximum atomic E-state index is 11.9. The molecule has 106 valence electrons. The Morgan fingerprint density at radius 3 is 2.90 bits per heavy atom. The highest BCUT2D eigenvalue weighted by Crippen LogP contribution is 2.27. The number of ether oxygens (including phenoxy) is 1. The van der Waals surface area contributed by atoms with E-state index in [2.05, 4.69) is 10.3 Å². The number of amides is 1. The number of aromatic nitrogens is 1. The Bertz CT molecular complexity index is 616. The van der Waals surface area contributed by atoms with Crippen LogP contribution in [0.2, 0.25) is 5.02 Å². The number of rotatable bonds is 5. The number of nitrogens with zero attached hydrogens (tertiary/aromatic N) is 1. The van der Waals surface area contributed by atoms with Gasteiger partial charge in [-0.25, -0.2) is 4.98 Å². The van der Waals surface area contributed by atoms with Crippen LogP contribution in [0.5, 0.6) is 5.75 Å². The number of hydrogen-bond donors (Lipinski definition) is 1. The van der Waals surface area contributed by atoms with Crippen LogP contribution in [0, 0.1) is 0 Å². The quantitative estimate of drug-likeness (QED) is 0.850. The predicted molar refractivity (Wildman–Crippen MR) is 82.0 cm³/mol. The molecule has 0 saturated carbocycles. The molecular weight excluding hydrogens is 319 g/mol. The summed E-state index contributed by atoms with van der Waals surface area (Å²) in [7, 11) is 1.54. The molecule has 2 rings (SSSR count). The molecule has 0 aliphatic rings. The van der Waals surface area contributed by atoms with E-state index in [9.17, 15) is 4.79 Å². The van der Waals surface area contributed by atoms with Crippen molar-refractivity contribution < 1.29 is 9.53 Å². The monoisotopic (exact) mass is 330 g/mol. The van der Waals surface area contributed by atoms with E-state index >= 15 is 0 Å². The lowest BCUT2D eigenvalue weighted by Crippen LogP contribution is -2.14. The van der Waals surface area contributed by atoms with Gasteiger partial charge in [-0.05, 0) is 18.2 Å². The van der Waals surface area contributed by atoms with Gasteiger partial charge in [0.2, 0.25) is 5.91 Å². The zero-order valence-corrected chi connectivity index (χ0v) is 13.0. The van der Waals surface area contributed by atoms with E-state index in [1.54, 1.807) is 18.2 Å². The number of hydrogen-bond acceptors (Lipinski definition) is 4. The standard InChI is InChI=1S/C13H12Cl2N2O2S/c1-19-11-3-2-8(4-10(11)15)16-12(18)5-13-17-9(6-14)7-20-13/h2-4,7H,5-6H2,1H3,(H,16,18). The Labute approximate surface area is 130 Å². The Balaban J connectivity index is 1.99. The van der Waals surface area contributed by atoms with Crippen molar-refractivity contribution in [3.8, 4) is 5.75 Å². The Kier molecular flexibility index (Phi) is 5.23. The van der Waals surface area contributed by atoms with E-state index in [1.807, 2.05) is 5.38 Å². The van der Waals surface area contributed by atoms with E-state index < -0.39 is 0 Å². The zero-order valence-electron chi connectivity index (χ0n) is 10.7. The lowest BCUT2D eigenvalue weighted by atomic mass is 10.3. The van der Waals surface area contributed by atoms with Crippen molar-refractivity contribution in [3.63, 3.8) is 0 Å². The number of anilines is 1. The van der Waals surface area contributed by atoms with Crippen LogP contribution in [-0.4, -0.2) is 18.0 Å². The average Bonchev–Trinajstić information content (AvgIpc) is 2.86. The van der Waals surface area contributed by atoms with Gasteiger partial charge in [-0.15, -0.1) is 22.9 Å². The van der Waals surface area contributed by atoms with Gasteiger partial charge in [-0.3, -0.25) is 4.79 Å². The fourth-order valence-corrected chi connectivity index (χ4v) is 2.86. The van der Waals surface area contributed by atoms with Gasteiger partial charge >= 0.3 is 0 Å². The molecule has 1 N–H and O–H groups in total. The third-order valence-electron chi connectivity index (χ3n) is 2.48. The van der Waals surface area contributed by atoms with Crippen LogP contribution in [-0.2, 0) is 17.1 Å². The first-order valence-corrected chi connectivity index (χ1v) is 7.54. The predicted octanol–water partition coefficient (Wildman–Crippen LogP) is 3.73. The minimum Gasteiger partial charge on any atom is -0.495 e. The molecule has 1 aromatic heterocycles. The van der Waals surface area contributed by atoms with Gasteiger partial charge in [0.05, 0.1) is 30.1 Å². The van der Waals surface area contributed by atoms with E-state index in [1.165, 1.54) is 18.4 Å². The second-order valence-electron chi connectivity index (χ2n) is 3.94. The second kappa shape index (κ2) is 6.92. The number of nitrogens with one attached hydrogen (secondary N) is 1. The lowest BCUT2D eigenvalue weighted by molar-refractivity contribution is -0.115. The molecule has 0 aliphatic carbocycles. The summed E-state index contributed by atoms with van der Waals surface area (Å²) in [6.07, 6.45) is 0.213. The molecule has 0 spiro atoms. The largest absolute Gasteiger partial charge is 0.495 e. The van der Waals surface area contributed by atoms with Crippen LogP contribution in [0.25, 0.3) is 0 Å². The van der Waals surface area contributed by atoms with Crippen LogP contribution in [0.3, 0.4) is 0 Å². The molecule has 0 radical (unpaired) electrons. The molecule has 0 bridgehead atoms. The summed E-state index contributed by atoms with van der Waals surface area (Å²) in [5.41, 5.74) is 1.40. The van der Waals surface area contributed by atoms with Crippen LogP contribution in [0.15, 0.2) is 23.6 Å². The lowest BCUT2D eigenvalue weighted by Gasteiger charge is -2.07. The maximum absolute atomic E-state index is 11.9. The van der Waals surface area contributed by atoms with Crippen LogP contribution >= 0.6 is 34.5 Å². The molecule has 20 heavy (non-hydrogen) atoms. The highest BCUT2D eigenvalue weighted by molar-refractivity contribution is 7.09. The number of alkyl halides is 1. The summed E-state index contributed by atoms with van der Waals surface area (Å²) < 4.78 is 5.05. The van der Waals surface area contributed by atoms with Gasteiger partial charge in [0, 0.05) is 11.1 Å². The molecule has 2 aromatic rings. The number of carbonyl (C=O) groups is 1. The van der Waals surface area contributed by atoms with Crippen molar-refractivity contribution >= 4 is 46.1 Å². The van der Waals surface area contributed by atoms with E-state index in [0.29, 0.717) is 22.3 Å². The molecule has 0 saturated heterocycles. The normalized spacial score (nSPS) is 10.3. The van der Waals surface area contributed by atoms with E-state index in [0.717, 1.165) is 10.7 Å². The first kappa shape index (κ1) is 15.1. The van der Waals surface area contributed by atoms with Crippen molar-refractivity contribution in [1.82, 2.24) is 4.98 Å². The SMILES string of the molecule is COc1ccc(NC(=O)Cc2nc(CCl)cs2)cc1Cl. The number of benzene rings is 1. The number of thiazole rings is 1. The molecule has 0 atom stereocenters. The van der Waals surface area contributed by atoms with Gasteiger partial charge in [-0.2, -0.15) is 0 Å². The Morgan fingerprint density at radius 1 is 1.50 bits per heavy atom. The third kappa shape index (κ3) is 3.85. The molecule has 1 amide bonds. The number of methoxy groups -OCH3 is 1. The topological polar surface area (TPSA) is 51.2 Å². The van der Waals surface area contributed by atoms with Gasteiger partial charge in [-0.1, -0.05) is 11.6 Å². The third-order valence-corrected chi connectivity index (χ3v) is 3.95. The van der Waals surface area contributed by atoms with Gasteiger partial charge in [0.25, 0.3) is 0 Å². The van der Waals surface area contributed by atoms with Crippen LogP contribution in [0.1, 0.15) is 10.7 Å². The van der Waals surface area contributed by atoms with E-state index in [-0.39, 0.29) is 12.3 Å². The molecule has 7 heteroatoms. The summed E-state index contributed by atoms with van der Waals surface area (Å²) in [6, 6.07) is 5.08. The molecule has 4 nitrogen and oxygen atoms in total. The first-order valence-electron chi connectivity index (χ1n) is 5.75. The Morgan fingerprint density at radius 2 is 2.30 bits per heavy atom. The highest BCUT2D eigenvalue weighted by Gasteiger charge is 2.09. The second-order valence-corrected chi connectivity index (χ2v) is 5.56. The number of carbonyl (C=O) groups excluding carboxylic acids is 1. The summed E-state index contributed by atoms with van der Waals surface area (Å²) in [4.78, 5) is 16.1. The summed E-state index contributed by atoms with van der Waals surface area (Å²) >= 11 is 13.1. The van der Waals surface area contributed by atoms with Gasteiger partial charge < -0.3 is 10.1 Å². The summed E-state index contributed by atoms with van der Waals surface area (Å²) in [5.74, 6) is 0.768. The zero-order chi connectivity index (χ0) is 14.5. The first-order chi connectivity index (χ1) is 9.62. The van der Waals surface area contributed by atoms with Gasteiger partial charge in [0.15, 0.2) is 0 Å². The molecule has 0 unspecified atom stereocenters. The van der Waals surface area contributed by atoms with Crippen LogP contribution in [0.4, 0.5) is 5.69 Å². The van der Waals surface area contributed by atoms with Crippen molar-refractivity contribution in [2.75, 3.05) is 12.4 Å². The molecule has 1 heterocycles. The van der Waals surface area contributed by atoms with E-state index in [4.69, 9.17) is 27.9 Å². The smallest absolute Gasteiger partial charge is 0.231 e. The van der Waals surface area contributed by atoms with Gasteiger partial charge in [0.1, 0.15) is 10.8 Å². The summed E-state index contributed by atoms with van der Waals surface area (Å²) in [5, 5.41) is 5.79. The van der Waals surface area contributed by atoms with Crippen molar-refractivity contribution in [3.05, 3.63) is 39.3 Å². The Hall–Kier alpha value is -1.30. The maximum Gasteiger partial charge on any atom is 0.231 e. The minimum absolute atomic E-state index is 0.151. The van der Waals surface area contributed by atoms with Crippen molar-refractivity contribution in [2.45, 2.75) is 12.3 Å². The van der Waals surface area contributed by atoms with Crippen molar-refractivity contribution in [2.24, 2.45) is 0 Å². The molecule has 1 aromatic carbocycles. The molecular formula is C13H12Cl2N2O2S. The molecule has 0 aliphatic heterocycles. The summed E-state index contributed by atoms with van der Waals surface area (Å²) in [6.45, 7) is 0. The highest BCUT2D eigenvalue weighted by atomic mass is 35.5. The minimum atomic E-state index is -0.151. The fourth-order valence-electron chi connectivity index (χ4n) is 1.58. The average molecular weight is 331 g/mol. The van der Waals surface area contributed by atoms with Crippen LogP contribution < -0.4 is 10.1 Å². The number of halogens is 2.